The molecule has 16 heavy (non-hydrogen) atoms. The highest BCUT2D eigenvalue weighted by Crippen LogP contribution is 2.27. The minimum atomic E-state index is -3.04. The van der Waals surface area contributed by atoms with Gasteiger partial charge in [-0.1, -0.05) is 19.3 Å². The van der Waals surface area contributed by atoms with Crippen LogP contribution in [-0.2, 0) is 10.0 Å². The lowest BCUT2D eigenvalue weighted by Crippen LogP contribution is -2.48. The van der Waals surface area contributed by atoms with Gasteiger partial charge in [-0.25, -0.2) is 8.42 Å². The topological polar surface area (TPSA) is 49.4 Å². The third-order valence-corrected chi connectivity index (χ3v) is 5.69. The van der Waals surface area contributed by atoms with Gasteiger partial charge in [0.2, 0.25) is 10.0 Å². The molecule has 1 atom stereocenters. The van der Waals surface area contributed by atoms with Crippen LogP contribution in [-0.4, -0.2) is 43.6 Å². The van der Waals surface area contributed by atoms with Gasteiger partial charge >= 0.3 is 0 Å². The molecule has 2 aliphatic rings. The maximum absolute atomic E-state index is 12.2. The van der Waals surface area contributed by atoms with Crippen LogP contribution in [0.3, 0.4) is 0 Å². The van der Waals surface area contributed by atoms with Crippen molar-refractivity contribution in [1.29, 1.82) is 0 Å². The molecule has 0 bridgehead atoms. The van der Waals surface area contributed by atoms with Crippen molar-refractivity contribution in [2.75, 3.05) is 18.8 Å². The van der Waals surface area contributed by atoms with Crippen molar-refractivity contribution < 1.29 is 8.42 Å². The normalized spacial score (nSPS) is 33.4. The van der Waals surface area contributed by atoms with E-state index in [1.807, 2.05) is 6.92 Å². The molecular weight excluding hydrogens is 224 g/mol. The van der Waals surface area contributed by atoms with Gasteiger partial charge < -0.3 is 5.32 Å². The summed E-state index contributed by atoms with van der Waals surface area (Å²) in [4.78, 5) is 0. The number of nitrogens with zero attached hydrogens (tertiary/aromatic N) is 1. The second-order valence-corrected chi connectivity index (χ2v) is 6.98. The van der Waals surface area contributed by atoms with E-state index in [1.54, 1.807) is 4.31 Å². The average molecular weight is 246 g/mol. The Bertz CT molecular complexity index is 323. The third kappa shape index (κ3) is 2.57. The van der Waals surface area contributed by atoms with Crippen molar-refractivity contribution in [3.63, 3.8) is 0 Å². The summed E-state index contributed by atoms with van der Waals surface area (Å²) in [5.74, 6) is 0.258. The zero-order chi connectivity index (χ0) is 11.6. The minimum Gasteiger partial charge on any atom is -0.314 e. The van der Waals surface area contributed by atoms with Crippen LogP contribution in [0.4, 0.5) is 0 Å². The van der Waals surface area contributed by atoms with Gasteiger partial charge in [0.15, 0.2) is 0 Å². The van der Waals surface area contributed by atoms with Crippen LogP contribution in [0.15, 0.2) is 0 Å². The Kier molecular flexibility index (Phi) is 3.87. The van der Waals surface area contributed by atoms with Crippen LogP contribution in [0, 0.1) is 0 Å². The van der Waals surface area contributed by atoms with E-state index >= 15 is 0 Å². The number of hydrogen-bond donors (Lipinski definition) is 1. The highest BCUT2D eigenvalue weighted by molar-refractivity contribution is 7.89. The Morgan fingerprint density at radius 1 is 1.19 bits per heavy atom. The number of sulfonamides is 1. The van der Waals surface area contributed by atoms with E-state index in [1.165, 1.54) is 19.3 Å². The lowest BCUT2D eigenvalue weighted by Gasteiger charge is -2.36. The van der Waals surface area contributed by atoms with Crippen LogP contribution in [0.5, 0.6) is 0 Å². The molecule has 1 aliphatic carbocycles. The zero-order valence-corrected chi connectivity index (χ0v) is 10.8. The first-order valence-corrected chi connectivity index (χ1v) is 7.94. The summed E-state index contributed by atoms with van der Waals surface area (Å²) in [5.41, 5.74) is 0. The second kappa shape index (κ2) is 5.02. The Labute approximate surface area is 98.4 Å². The van der Waals surface area contributed by atoms with Gasteiger partial charge in [0.05, 0.1) is 5.75 Å². The largest absolute Gasteiger partial charge is 0.314 e. The summed E-state index contributed by atoms with van der Waals surface area (Å²) >= 11 is 0. The lowest BCUT2D eigenvalue weighted by molar-refractivity contribution is 0.213. The highest BCUT2D eigenvalue weighted by atomic mass is 32.2. The van der Waals surface area contributed by atoms with Crippen molar-refractivity contribution in [1.82, 2.24) is 9.62 Å². The van der Waals surface area contributed by atoms with Crippen molar-refractivity contribution in [3.05, 3.63) is 0 Å². The number of rotatable bonds is 1. The first kappa shape index (κ1) is 12.3. The maximum atomic E-state index is 12.2. The maximum Gasteiger partial charge on any atom is 0.215 e. The van der Waals surface area contributed by atoms with Crippen LogP contribution < -0.4 is 5.32 Å². The fraction of sp³-hybridized carbons (Fsp3) is 1.00. The number of nitrogens with one attached hydrogen (secondary N) is 1. The fourth-order valence-corrected chi connectivity index (χ4v) is 4.81. The van der Waals surface area contributed by atoms with Gasteiger partial charge in [0.1, 0.15) is 0 Å². The first-order valence-electron chi connectivity index (χ1n) is 6.33. The Balaban J connectivity index is 2.18. The Morgan fingerprint density at radius 3 is 2.56 bits per heavy atom. The molecule has 2 fully saturated rings. The third-order valence-electron chi connectivity index (χ3n) is 3.67. The molecule has 1 heterocycles. The first-order chi connectivity index (χ1) is 7.61. The van der Waals surface area contributed by atoms with Crippen LogP contribution >= 0.6 is 0 Å². The van der Waals surface area contributed by atoms with Crippen molar-refractivity contribution in [2.24, 2.45) is 0 Å². The van der Waals surface area contributed by atoms with Crippen LogP contribution in [0.25, 0.3) is 0 Å². The zero-order valence-electron chi connectivity index (χ0n) is 9.98. The molecule has 1 saturated heterocycles. The molecule has 5 heteroatoms. The highest BCUT2D eigenvalue weighted by Gasteiger charge is 2.35. The SMILES string of the molecule is CC1CNCCS(=O)(=O)N1C1CCCCC1. The molecule has 1 saturated carbocycles. The minimum absolute atomic E-state index is 0.107. The van der Waals surface area contributed by atoms with E-state index in [4.69, 9.17) is 0 Å². The molecule has 0 aromatic rings. The summed E-state index contributed by atoms with van der Waals surface area (Å²) in [6.07, 6.45) is 5.71. The molecular formula is C11H22N2O2S. The van der Waals surface area contributed by atoms with Gasteiger partial charge in [-0.2, -0.15) is 4.31 Å². The van der Waals surface area contributed by atoms with E-state index in [0.29, 0.717) is 6.54 Å². The summed E-state index contributed by atoms with van der Waals surface area (Å²) in [6.45, 7) is 3.40. The molecule has 4 nitrogen and oxygen atoms in total. The van der Waals surface area contributed by atoms with Crippen molar-refractivity contribution in [2.45, 2.75) is 51.1 Å². The summed E-state index contributed by atoms with van der Waals surface area (Å²) in [5, 5.41) is 3.20. The van der Waals surface area contributed by atoms with E-state index in [0.717, 1.165) is 19.4 Å². The molecule has 1 unspecified atom stereocenters. The molecule has 0 radical (unpaired) electrons. The molecule has 1 N–H and O–H groups in total. The van der Waals surface area contributed by atoms with Crippen LogP contribution in [0.1, 0.15) is 39.0 Å². The smallest absolute Gasteiger partial charge is 0.215 e. The molecule has 0 amide bonds. The summed E-state index contributed by atoms with van der Waals surface area (Å²) in [6, 6.07) is 0.365. The second-order valence-electron chi connectivity index (χ2n) is 4.99. The van der Waals surface area contributed by atoms with Crippen LogP contribution in [0.2, 0.25) is 0 Å². The molecule has 94 valence electrons. The Morgan fingerprint density at radius 2 is 1.88 bits per heavy atom. The van der Waals surface area contributed by atoms with Crippen molar-refractivity contribution >= 4 is 10.0 Å². The molecule has 2 rings (SSSR count). The predicted octanol–water partition coefficient (Wildman–Crippen LogP) is 0.943. The van der Waals surface area contributed by atoms with Crippen molar-refractivity contribution in [3.8, 4) is 0 Å². The number of hydrogen-bond acceptors (Lipinski definition) is 3. The Hall–Kier alpha value is -0.130. The van der Waals surface area contributed by atoms with Gasteiger partial charge in [-0.05, 0) is 19.8 Å². The van der Waals surface area contributed by atoms with Gasteiger partial charge in [-0.15, -0.1) is 0 Å². The predicted molar refractivity (Wildman–Crippen MR) is 64.8 cm³/mol. The van der Waals surface area contributed by atoms with Gasteiger partial charge in [0.25, 0.3) is 0 Å². The summed E-state index contributed by atoms with van der Waals surface area (Å²) in [7, 11) is -3.04. The van der Waals surface area contributed by atoms with Gasteiger partial charge in [-0.3, -0.25) is 0 Å². The monoisotopic (exact) mass is 246 g/mol. The molecule has 0 aromatic carbocycles. The molecule has 1 aliphatic heterocycles. The van der Waals surface area contributed by atoms with E-state index in [2.05, 4.69) is 5.32 Å². The van der Waals surface area contributed by atoms with E-state index < -0.39 is 10.0 Å². The van der Waals surface area contributed by atoms with E-state index in [-0.39, 0.29) is 17.8 Å². The lowest BCUT2D eigenvalue weighted by atomic mass is 9.95. The summed E-state index contributed by atoms with van der Waals surface area (Å²) < 4.78 is 26.2. The van der Waals surface area contributed by atoms with Gasteiger partial charge in [0, 0.05) is 25.2 Å². The molecule has 0 aromatic heterocycles. The fourth-order valence-electron chi connectivity index (χ4n) is 2.90. The average Bonchev–Trinajstić information content (AvgIpc) is 2.38. The molecule has 0 spiro atoms. The standard InChI is InChI=1S/C11H22N2O2S/c1-10-9-12-7-8-16(14,15)13(10)11-5-3-2-4-6-11/h10-12H,2-9H2,1H3. The quantitative estimate of drug-likeness (QED) is 0.749. The van der Waals surface area contributed by atoms with E-state index in [9.17, 15) is 8.42 Å².